The van der Waals surface area contributed by atoms with Crippen molar-refractivity contribution < 1.29 is 19.8 Å². The number of aliphatic hydroxyl groups excluding tert-OH is 2. The van der Waals surface area contributed by atoms with Gasteiger partial charge in [-0.2, -0.15) is 0 Å². The van der Waals surface area contributed by atoms with Crippen molar-refractivity contribution >= 4 is 11.6 Å². The molecule has 6 atom stereocenters. The fraction of sp³-hybridized carbons (Fsp3) is 0.727. The number of fused-ring (bicyclic) bond motifs is 4. The molecule has 26 heavy (non-hydrogen) atoms. The van der Waals surface area contributed by atoms with Crippen molar-refractivity contribution in [3.8, 4) is 0 Å². The van der Waals surface area contributed by atoms with Crippen LogP contribution in [0.2, 0.25) is 0 Å². The van der Waals surface area contributed by atoms with Gasteiger partial charge in [0.1, 0.15) is 6.10 Å². The van der Waals surface area contributed by atoms with Crippen LogP contribution in [0.15, 0.2) is 22.8 Å². The van der Waals surface area contributed by atoms with Crippen molar-refractivity contribution in [2.45, 2.75) is 77.9 Å². The molecule has 0 radical (unpaired) electrons. The van der Waals surface area contributed by atoms with Gasteiger partial charge < -0.3 is 10.2 Å². The summed E-state index contributed by atoms with van der Waals surface area (Å²) in [5.74, 6) is 0.785. The minimum Gasteiger partial charge on any atom is -0.389 e. The Labute approximate surface area is 155 Å². The molecular formula is C22H30O4. The lowest BCUT2D eigenvalue weighted by Crippen LogP contribution is -2.53. The van der Waals surface area contributed by atoms with E-state index in [0.29, 0.717) is 24.7 Å². The quantitative estimate of drug-likeness (QED) is 0.795. The van der Waals surface area contributed by atoms with Crippen LogP contribution >= 0.6 is 0 Å². The van der Waals surface area contributed by atoms with E-state index < -0.39 is 17.6 Å². The molecule has 0 heterocycles. The number of carbonyl (C=O) groups excluding carboxylic acids is 2. The second-order valence-electron chi connectivity index (χ2n) is 9.37. The molecule has 2 N–H and O–H groups in total. The molecular weight excluding hydrogens is 328 g/mol. The van der Waals surface area contributed by atoms with E-state index in [9.17, 15) is 19.8 Å². The molecule has 142 valence electrons. The molecule has 4 aliphatic carbocycles. The largest absolute Gasteiger partial charge is 0.389 e. The summed E-state index contributed by atoms with van der Waals surface area (Å²) in [6.07, 6.45) is 5.75. The molecule has 0 amide bonds. The zero-order chi connectivity index (χ0) is 18.9. The Balaban J connectivity index is 1.77. The summed E-state index contributed by atoms with van der Waals surface area (Å²) in [6.45, 7) is 5.72. The highest BCUT2D eigenvalue weighted by molar-refractivity contribution is 5.93. The van der Waals surface area contributed by atoms with E-state index in [-0.39, 0.29) is 17.0 Å². The minimum atomic E-state index is -0.960. The van der Waals surface area contributed by atoms with E-state index >= 15 is 0 Å². The Hall–Kier alpha value is -1.26. The molecule has 2 unspecified atom stereocenters. The molecule has 0 bridgehead atoms. The van der Waals surface area contributed by atoms with E-state index in [0.717, 1.165) is 43.3 Å². The van der Waals surface area contributed by atoms with Crippen LogP contribution in [-0.4, -0.2) is 34.0 Å². The molecule has 4 rings (SSSR count). The molecule has 4 nitrogen and oxygen atoms in total. The third-order valence-corrected chi connectivity index (χ3v) is 8.24. The van der Waals surface area contributed by atoms with Gasteiger partial charge >= 0.3 is 0 Å². The predicted molar refractivity (Wildman–Crippen MR) is 98.3 cm³/mol. The minimum absolute atomic E-state index is 0.0783. The van der Waals surface area contributed by atoms with Gasteiger partial charge in [0.15, 0.2) is 11.6 Å². The van der Waals surface area contributed by atoms with Crippen LogP contribution in [0.3, 0.4) is 0 Å². The zero-order valence-corrected chi connectivity index (χ0v) is 16.0. The third-order valence-electron chi connectivity index (χ3n) is 8.24. The van der Waals surface area contributed by atoms with Gasteiger partial charge in [-0.25, -0.2) is 0 Å². The number of carbonyl (C=O) groups is 2. The van der Waals surface area contributed by atoms with Gasteiger partial charge in [-0.1, -0.05) is 13.8 Å². The number of rotatable bonds is 2. The number of allylic oxidation sites excluding steroid dienone is 3. The van der Waals surface area contributed by atoms with Crippen molar-refractivity contribution in [3.63, 3.8) is 0 Å². The molecule has 0 aromatic heterocycles. The van der Waals surface area contributed by atoms with Gasteiger partial charge in [-0.15, -0.1) is 0 Å². The maximum Gasteiger partial charge on any atom is 0.167 e. The van der Waals surface area contributed by atoms with Crippen LogP contribution in [0.4, 0.5) is 0 Å². The van der Waals surface area contributed by atoms with E-state index in [4.69, 9.17) is 0 Å². The average Bonchev–Trinajstić information content (AvgIpc) is 2.85. The van der Waals surface area contributed by atoms with Gasteiger partial charge in [0.05, 0.1) is 6.10 Å². The summed E-state index contributed by atoms with van der Waals surface area (Å²) in [4.78, 5) is 24.7. The molecule has 0 spiro atoms. The molecule has 0 aliphatic heterocycles. The van der Waals surface area contributed by atoms with Crippen molar-refractivity contribution in [1.29, 1.82) is 0 Å². The Morgan fingerprint density at radius 3 is 2.65 bits per heavy atom. The summed E-state index contributed by atoms with van der Waals surface area (Å²) in [5, 5.41) is 21.1. The van der Waals surface area contributed by atoms with Gasteiger partial charge in [-0.05, 0) is 85.5 Å². The van der Waals surface area contributed by atoms with Crippen molar-refractivity contribution in [2.24, 2.45) is 22.7 Å². The second-order valence-corrected chi connectivity index (χ2v) is 9.37. The number of hydrogen-bond donors (Lipinski definition) is 2. The Morgan fingerprint density at radius 2 is 1.96 bits per heavy atom. The topological polar surface area (TPSA) is 74.6 Å². The zero-order valence-electron chi connectivity index (χ0n) is 16.0. The number of hydrogen-bond acceptors (Lipinski definition) is 4. The Kier molecular flexibility index (Phi) is 4.09. The Morgan fingerprint density at radius 1 is 1.23 bits per heavy atom. The molecule has 0 saturated heterocycles. The lowest BCUT2D eigenvalue weighted by atomic mass is 9.51. The summed E-state index contributed by atoms with van der Waals surface area (Å²) in [6, 6.07) is 0. The molecule has 2 fully saturated rings. The van der Waals surface area contributed by atoms with Gasteiger partial charge in [0.2, 0.25) is 0 Å². The molecule has 4 heteroatoms. The normalized spacial score (nSPS) is 43.3. The first-order valence-corrected chi connectivity index (χ1v) is 10.1. The highest BCUT2D eigenvalue weighted by Gasteiger charge is 2.63. The highest BCUT2D eigenvalue weighted by Crippen LogP contribution is 2.67. The first-order chi connectivity index (χ1) is 12.2. The Bertz CT molecular complexity index is 730. The van der Waals surface area contributed by atoms with Gasteiger partial charge in [-0.3, -0.25) is 9.59 Å². The van der Waals surface area contributed by atoms with E-state index in [1.54, 1.807) is 13.0 Å². The van der Waals surface area contributed by atoms with E-state index in [1.807, 2.05) is 6.92 Å². The first-order valence-electron chi connectivity index (χ1n) is 10.1. The third kappa shape index (κ3) is 2.27. The van der Waals surface area contributed by atoms with Gasteiger partial charge in [0, 0.05) is 11.8 Å². The second kappa shape index (κ2) is 5.87. The first kappa shape index (κ1) is 18.1. The standard InChI is InChI=1S/C22H30O4/c1-12(23)20(26)21(2)9-8-17-16-6-4-13-10-14(24)5-7-15(13)19(16)18(25)11-22(17,21)3/h10,12,16-18,23,25H,4-9,11H2,1-3H3/t12-,16?,17-,18-,21+,22?/m0/s1. The predicted octanol–water partition coefficient (Wildman–Crippen LogP) is 3.12. The van der Waals surface area contributed by atoms with Crippen LogP contribution in [-0.2, 0) is 9.59 Å². The summed E-state index contributed by atoms with van der Waals surface area (Å²) >= 11 is 0. The fourth-order valence-corrected chi connectivity index (χ4v) is 6.73. The van der Waals surface area contributed by atoms with Crippen LogP contribution in [0.25, 0.3) is 0 Å². The van der Waals surface area contributed by atoms with Crippen LogP contribution < -0.4 is 0 Å². The number of Topliss-reactive ketones (excluding diaryl/α,β-unsaturated/α-hetero) is 1. The lowest BCUT2D eigenvalue weighted by Gasteiger charge is -2.54. The molecule has 0 aromatic carbocycles. The van der Waals surface area contributed by atoms with Crippen molar-refractivity contribution in [3.05, 3.63) is 22.8 Å². The average molecular weight is 358 g/mol. The SMILES string of the molecule is C[C@H](O)C(=O)[C@@]1(C)CC[C@H]2C3CCC4=CC(=O)CCC4=C3[C@@H](O)CC21C. The van der Waals surface area contributed by atoms with Crippen LogP contribution in [0.5, 0.6) is 0 Å². The summed E-state index contributed by atoms with van der Waals surface area (Å²) in [7, 11) is 0. The monoisotopic (exact) mass is 358 g/mol. The lowest BCUT2D eigenvalue weighted by molar-refractivity contribution is -0.146. The van der Waals surface area contributed by atoms with Crippen LogP contribution in [0, 0.1) is 22.7 Å². The van der Waals surface area contributed by atoms with Crippen molar-refractivity contribution in [1.82, 2.24) is 0 Å². The van der Waals surface area contributed by atoms with Crippen LogP contribution in [0.1, 0.15) is 65.7 Å². The maximum atomic E-state index is 12.9. The molecule has 4 aliphatic rings. The summed E-state index contributed by atoms with van der Waals surface area (Å²) < 4.78 is 0. The molecule has 2 saturated carbocycles. The maximum absolute atomic E-state index is 12.9. The van der Waals surface area contributed by atoms with Gasteiger partial charge in [0.25, 0.3) is 0 Å². The number of ketones is 2. The van der Waals surface area contributed by atoms with E-state index in [2.05, 4.69) is 6.92 Å². The smallest absolute Gasteiger partial charge is 0.167 e. The fourth-order valence-electron chi connectivity index (χ4n) is 6.73. The molecule has 0 aromatic rings. The number of aliphatic hydroxyl groups is 2. The van der Waals surface area contributed by atoms with Crippen molar-refractivity contribution in [2.75, 3.05) is 0 Å². The highest BCUT2D eigenvalue weighted by atomic mass is 16.3. The summed E-state index contributed by atoms with van der Waals surface area (Å²) in [5.41, 5.74) is 2.65. The van der Waals surface area contributed by atoms with E-state index in [1.165, 1.54) is 5.57 Å².